The third-order valence-corrected chi connectivity index (χ3v) is 4.36. The number of nitrogens with one attached hydrogen (secondary N) is 1. The summed E-state index contributed by atoms with van der Waals surface area (Å²) in [5, 5.41) is 15.6. The summed E-state index contributed by atoms with van der Waals surface area (Å²) in [5.41, 5.74) is 1.96. The number of hydrogen-bond donors (Lipinski definition) is 1. The Hall–Kier alpha value is -2.80. The van der Waals surface area contributed by atoms with Gasteiger partial charge in [-0.15, -0.1) is 0 Å². The summed E-state index contributed by atoms with van der Waals surface area (Å²) >= 11 is 6.18. The number of ether oxygens (including phenoxy) is 2. The van der Waals surface area contributed by atoms with E-state index in [1.54, 1.807) is 11.8 Å². The predicted octanol–water partition coefficient (Wildman–Crippen LogP) is 3.94. The Morgan fingerprint density at radius 1 is 1.15 bits per heavy atom. The average molecular weight is 388 g/mol. The van der Waals surface area contributed by atoms with E-state index in [-0.39, 0.29) is 0 Å². The Morgan fingerprint density at radius 3 is 2.78 bits per heavy atom. The van der Waals surface area contributed by atoms with E-state index in [0.717, 1.165) is 24.1 Å². The molecule has 3 aromatic rings. The normalized spacial score (nSPS) is 10.6. The van der Waals surface area contributed by atoms with Crippen LogP contribution < -0.4 is 14.8 Å². The van der Waals surface area contributed by atoms with E-state index >= 15 is 0 Å². The van der Waals surface area contributed by atoms with Crippen molar-refractivity contribution in [2.45, 2.75) is 33.0 Å². The monoisotopic (exact) mass is 387 g/mol. The zero-order valence-corrected chi connectivity index (χ0v) is 16.1. The second-order valence-electron chi connectivity index (χ2n) is 5.94. The Bertz CT molecular complexity index is 884. The van der Waals surface area contributed by atoms with E-state index in [4.69, 9.17) is 21.1 Å². The number of anilines is 1. The Labute approximate surface area is 163 Å². The molecule has 27 heavy (non-hydrogen) atoms. The first kappa shape index (κ1) is 19.0. The SMILES string of the molecule is CCCn1nnnc1NCc1ccc(OCc2ccccc2Cl)c(OC)c1. The smallest absolute Gasteiger partial charge is 0.243 e. The lowest BCUT2D eigenvalue weighted by Gasteiger charge is -2.13. The van der Waals surface area contributed by atoms with E-state index in [1.807, 2.05) is 42.5 Å². The second-order valence-corrected chi connectivity index (χ2v) is 6.35. The molecule has 0 saturated carbocycles. The highest BCUT2D eigenvalue weighted by molar-refractivity contribution is 6.31. The van der Waals surface area contributed by atoms with Gasteiger partial charge in [-0.25, -0.2) is 4.68 Å². The molecule has 2 aromatic carbocycles. The fourth-order valence-corrected chi connectivity index (χ4v) is 2.78. The molecule has 7 nitrogen and oxygen atoms in total. The number of aryl methyl sites for hydroxylation is 1. The van der Waals surface area contributed by atoms with Gasteiger partial charge in [0.15, 0.2) is 11.5 Å². The largest absolute Gasteiger partial charge is 0.493 e. The van der Waals surface area contributed by atoms with Crippen LogP contribution in [0.15, 0.2) is 42.5 Å². The maximum absolute atomic E-state index is 6.18. The lowest BCUT2D eigenvalue weighted by Crippen LogP contribution is -2.09. The van der Waals surface area contributed by atoms with Crippen molar-refractivity contribution < 1.29 is 9.47 Å². The molecule has 0 aliphatic heterocycles. The van der Waals surface area contributed by atoms with Crippen LogP contribution in [0, 0.1) is 0 Å². The topological polar surface area (TPSA) is 74.1 Å². The minimum absolute atomic E-state index is 0.374. The first-order valence-electron chi connectivity index (χ1n) is 8.74. The number of halogens is 1. The molecule has 0 atom stereocenters. The van der Waals surface area contributed by atoms with Crippen LogP contribution in [-0.2, 0) is 19.7 Å². The molecule has 0 bridgehead atoms. The van der Waals surface area contributed by atoms with Gasteiger partial charge < -0.3 is 14.8 Å². The molecule has 0 radical (unpaired) electrons. The zero-order valence-electron chi connectivity index (χ0n) is 15.4. The maximum atomic E-state index is 6.18. The average Bonchev–Trinajstić information content (AvgIpc) is 3.13. The van der Waals surface area contributed by atoms with Crippen LogP contribution in [0.1, 0.15) is 24.5 Å². The molecule has 0 aliphatic carbocycles. The summed E-state index contributed by atoms with van der Waals surface area (Å²) in [6, 6.07) is 13.4. The Morgan fingerprint density at radius 2 is 2.00 bits per heavy atom. The van der Waals surface area contributed by atoms with Gasteiger partial charge in [0.25, 0.3) is 0 Å². The van der Waals surface area contributed by atoms with E-state index in [1.165, 1.54) is 0 Å². The molecule has 0 spiro atoms. The number of nitrogens with zero attached hydrogens (tertiary/aromatic N) is 4. The Kier molecular flexibility index (Phi) is 6.49. The quantitative estimate of drug-likeness (QED) is 0.599. The van der Waals surface area contributed by atoms with Crippen molar-refractivity contribution in [3.8, 4) is 11.5 Å². The minimum Gasteiger partial charge on any atom is -0.493 e. The van der Waals surface area contributed by atoms with Crippen LogP contribution in [0.5, 0.6) is 11.5 Å². The number of hydrogen-bond acceptors (Lipinski definition) is 6. The number of benzene rings is 2. The van der Waals surface area contributed by atoms with Crippen molar-refractivity contribution in [3.05, 3.63) is 58.6 Å². The van der Waals surface area contributed by atoms with Gasteiger partial charge in [-0.05, 0) is 40.6 Å². The molecule has 3 rings (SSSR count). The fraction of sp³-hybridized carbons (Fsp3) is 0.316. The summed E-state index contributed by atoms with van der Waals surface area (Å²) in [5.74, 6) is 1.97. The third-order valence-electron chi connectivity index (χ3n) is 3.99. The summed E-state index contributed by atoms with van der Waals surface area (Å²) in [6.45, 7) is 3.80. The van der Waals surface area contributed by atoms with Crippen molar-refractivity contribution in [1.29, 1.82) is 0 Å². The van der Waals surface area contributed by atoms with Gasteiger partial charge in [0.2, 0.25) is 5.95 Å². The summed E-state index contributed by atoms with van der Waals surface area (Å²) in [6.07, 6.45) is 0.963. The van der Waals surface area contributed by atoms with E-state index in [2.05, 4.69) is 27.8 Å². The van der Waals surface area contributed by atoms with E-state index < -0.39 is 0 Å². The molecule has 0 unspecified atom stereocenters. The summed E-state index contributed by atoms with van der Waals surface area (Å²) in [7, 11) is 1.62. The Balaban J connectivity index is 1.65. The highest BCUT2D eigenvalue weighted by atomic mass is 35.5. The lowest BCUT2D eigenvalue weighted by atomic mass is 10.2. The van der Waals surface area contributed by atoms with Crippen LogP contribution in [0.4, 0.5) is 5.95 Å². The third kappa shape index (κ3) is 4.89. The minimum atomic E-state index is 0.374. The number of aromatic nitrogens is 4. The first-order valence-corrected chi connectivity index (χ1v) is 9.12. The molecular weight excluding hydrogens is 366 g/mol. The first-order chi connectivity index (χ1) is 13.2. The van der Waals surface area contributed by atoms with Crippen molar-refractivity contribution >= 4 is 17.5 Å². The standard InChI is InChI=1S/C19H22ClN5O2/c1-3-10-25-19(22-23-24-25)21-12-14-8-9-17(18(11-14)26-2)27-13-15-6-4-5-7-16(15)20/h4-9,11H,3,10,12-13H2,1-2H3,(H,21,22,24). The van der Waals surface area contributed by atoms with Crippen LogP contribution in [0.25, 0.3) is 0 Å². The molecule has 0 aliphatic rings. The fourth-order valence-electron chi connectivity index (χ4n) is 2.59. The van der Waals surface area contributed by atoms with Gasteiger partial charge in [-0.2, -0.15) is 0 Å². The van der Waals surface area contributed by atoms with E-state index in [0.29, 0.717) is 35.6 Å². The summed E-state index contributed by atoms with van der Waals surface area (Å²) < 4.78 is 13.1. The van der Waals surface area contributed by atoms with Crippen molar-refractivity contribution in [1.82, 2.24) is 20.2 Å². The maximum Gasteiger partial charge on any atom is 0.243 e. The van der Waals surface area contributed by atoms with Gasteiger partial charge in [0.1, 0.15) is 6.61 Å². The van der Waals surface area contributed by atoms with Gasteiger partial charge in [0.05, 0.1) is 7.11 Å². The molecule has 0 amide bonds. The number of methoxy groups -OCH3 is 1. The van der Waals surface area contributed by atoms with Crippen LogP contribution in [-0.4, -0.2) is 27.3 Å². The molecule has 8 heteroatoms. The van der Waals surface area contributed by atoms with Gasteiger partial charge >= 0.3 is 0 Å². The highest BCUT2D eigenvalue weighted by Gasteiger charge is 2.09. The van der Waals surface area contributed by atoms with Crippen molar-refractivity contribution in [2.75, 3.05) is 12.4 Å². The van der Waals surface area contributed by atoms with Crippen LogP contribution in [0.3, 0.4) is 0 Å². The molecular formula is C19H22ClN5O2. The van der Waals surface area contributed by atoms with Crippen LogP contribution >= 0.6 is 11.6 Å². The van der Waals surface area contributed by atoms with Crippen LogP contribution in [0.2, 0.25) is 5.02 Å². The van der Waals surface area contributed by atoms with Gasteiger partial charge in [-0.3, -0.25) is 0 Å². The zero-order chi connectivity index (χ0) is 19.1. The molecule has 1 aromatic heterocycles. The number of tetrazole rings is 1. The highest BCUT2D eigenvalue weighted by Crippen LogP contribution is 2.29. The molecule has 0 saturated heterocycles. The van der Waals surface area contributed by atoms with E-state index in [9.17, 15) is 0 Å². The van der Waals surface area contributed by atoms with Crippen molar-refractivity contribution in [2.24, 2.45) is 0 Å². The van der Waals surface area contributed by atoms with Gasteiger partial charge in [0, 0.05) is 23.7 Å². The molecule has 1 heterocycles. The van der Waals surface area contributed by atoms with Crippen molar-refractivity contribution in [3.63, 3.8) is 0 Å². The number of rotatable bonds is 9. The second kappa shape index (κ2) is 9.23. The molecule has 1 N–H and O–H groups in total. The molecule has 0 fully saturated rings. The lowest BCUT2D eigenvalue weighted by molar-refractivity contribution is 0.284. The predicted molar refractivity (Wildman–Crippen MR) is 104 cm³/mol. The summed E-state index contributed by atoms with van der Waals surface area (Å²) in [4.78, 5) is 0. The molecule has 142 valence electrons. The van der Waals surface area contributed by atoms with Gasteiger partial charge in [-0.1, -0.05) is 47.9 Å².